The van der Waals surface area contributed by atoms with Crippen LogP contribution in [-0.4, -0.2) is 13.1 Å². The number of hydrogen-bond acceptors (Lipinski definition) is 3. The van der Waals surface area contributed by atoms with E-state index >= 15 is 0 Å². The molecular weight excluding hydrogens is 320 g/mol. The molecule has 0 amide bonds. The molecule has 0 saturated carbocycles. The Balaban J connectivity index is 2.14. The van der Waals surface area contributed by atoms with Crippen LogP contribution in [0.15, 0.2) is 58.5 Å². The maximum Gasteiger partial charge on any atom is 0.354 e. The Morgan fingerprint density at radius 1 is 1.15 bits per heavy atom. The molecule has 0 aromatic heterocycles. The van der Waals surface area contributed by atoms with Crippen molar-refractivity contribution in [1.82, 2.24) is 0 Å². The van der Waals surface area contributed by atoms with Crippen LogP contribution in [-0.2, 0) is 14.3 Å². The van der Waals surface area contributed by atoms with Gasteiger partial charge in [0.25, 0.3) is 0 Å². The fourth-order valence-corrected chi connectivity index (χ4v) is 2.63. The number of benzene rings is 2. The minimum Gasteiger partial charge on any atom is -0.491 e. The van der Waals surface area contributed by atoms with Gasteiger partial charge in [-0.25, -0.2) is 4.79 Å². The van der Waals surface area contributed by atoms with E-state index in [4.69, 9.17) is 9.47 Å². The fraction of sp³-hybridized carbons (Fsp3) is 0.0625. The Morgan fingerprint density at radius 2 is 1.90 bits per heavy atom. The Labute approximate surface area is 124 Å². The molecule has 0 spiro atoms. The third-order valence-electron chi connectivity index (χ3n) is 3.12. The Bertz CT molecular complexity index is 754. The highest BCUT2D eigenvalue weighted by Crippen LogP contribution is 2.32. The van der Waals surface area contributed by atoms with Gasteiger partial charge in [0.2, 0.25) is 0 Å². The van der Waals surface area contributed by atoms with E-state index in [1.165, 1.54) is 7.11 Å². The molecule has 0 saturated heterocycles. The number of ether oxygens (including phenoxy) is 2. The molecule has 1 heterocycles. The zero-order valence-electron chi connectivity index (χ0n) is 10.7. The first-order valence-corrected chi connectivity index (χ1v) is 6.86. The molecule has 0 unspecified atom stereocenters. The third kappa shape index (κ3) is 2.12. The van der Waals surface area contributed by atoms with Gasteiger partial charge in [-0.1, -0.05) is 42.5 Å². The minimum atomic E-state index is -0.437. The fourth-order valence-electron chi connectivity index (χ4n) is 2.19. The second-order valence-corrected chi connectivity index (χ2v) is 5.11. The van der Waals surface area contributed by atoms with Gasteiger partial charge >= 0.3 is 5.97 Å². The normalized spacial score (nSPS) is 16.9. The first-order chi connectivity index (χ1) is 9.70. The summed E-state index contributed by atoms with van der Waals surface area (Å²) in [7, 11) is 1.51. The standard InChI is InChI=1S/C16H11BrO3/c1-19-15-13(20-16(18)14(15)17)9-11-7-4-6-10-5-2-3-8-12(10)11/h2-9H,1H3. The lowest BCUT2D eigenvalue weighted by molar-refractivity contribution is -0.132. The molecule has 2 aromatic rings. The molecule has 0 aliphatic carbocycles. The summed E-state index contributed by atoms with van der Waals surface area (Å²) < 4.78 is 10.7. The summed E-state index contributed by atoms with van der Waals surface area (Å²) in [5, 5.41) is 2.23. The van der Waals surface area contributed by atoms with Crippen LogP contribution in [0.5, 0.6) is 0 Å². The number of carbonyl (C=O) groups excluding carboxylic acids is 1. The van der Waals surface area contributed by atoms with E-state index in [1.807, 2.05) is 48.5 Å². The summed E-state index contributed by atoms with van der Waals surface area (Å²) in [6, 6.07) is 14.0. The number of cyclic esters (lactones) is 1. The quantitative estimate of drug-likeness (QED) is 0.781. The first kappa shape index (κ1) is 12.9. The van der Waals surface area contributed by atoms with Crippen molar-refractivity contribution in [3.63, 3.8) is 0 Å². The van der Waals surface area contributed by atoms with E-state index < -0.39 is 5.97 Å². The molecule has 0 N–H and O–H groups in total. The smallest absolute Gasteiger partial charge is 0.354 e. The first-order valence-electron chi connectivity index (χ1n) is 6.06. The van der Waals surface area contributed by atoms with Crippen LogP contribution in [0.3, 0.4) is 0 Å². The van der Waals surface area contributed by atoms with Crippen molar-refractivity contribution in [3.8, 4) is 0 Å². The van der Waals surface area contributed by atoms with Gasteiger partial charge in [-0.2, -0.15) is 0 Å². The summed E-state index contributed by atoms with van der Waals surface area (Å²) in [6.07, 6.45) is 1.81. The van der Waals surface area contributed by atoms with Crippen LogP contribution in [0.4, 0.5) is 0 Å². The Morgan fingerprint density at radius 3 is 2.70 bits per heavy atom. The van der Waals surface area contributed by atoms with Crippen LogP contribution in [0.2, 0.25) is 0 Å². The van der Waals surface area contributed by atoms with Crippen LogP contribution in [0, 0.1) is 0 Å². The SMILES string of the molecule is COC1=C(Br)C(=O)OC1=Cc1cccc2ccccc12. The molecule has 2 aromatic carbocycles. The van der Waals surface area contributed by atoms with Crippen LogP contribution in [0.25, 0.3) is 16.8 Å². The van der Waals surface area contributed by atoms with E-state index in [-0.39, 0.29) is 0 Å². The van der Waals surface area contributed by atoms with E-state index in [9.17, 15) is 4.79 Å². The average Bonchev–Trinajstić information content (AvgIpc) is 2.74. The van der Waals surface area contributed by atoms with Crippen molar-refractivity contribution in [1.29, 1.82) is 0 Å². The molecule has 1 aliphatic rings. The lowest BCUT2D eigenvalue weighted by Gasteiger charge is -2.05. The average molecular weight is 331 g/mol. The number of halogens is 1. The number of fused-ring (bicyclic) bond motifs is 1. The summed E-state index contributed by atoms with van der Waals surface area (Å²) in [4.78, 5) is 11.6. The molecule has 4 heteroatoms. The highest BCUT2D eigenvalue weighted by molar-refractivity contribution is 9.12. The number of rotatable bonds is 2. The molecule has 100 valence electrons. The van der Waals surface area contributed by atoms with Gasteiger partial charge in [-0.05, 0) is 38.3 Å². The Kier molecular flexibility index (Phi) is 3.32. The molecular formula is C16H11BrO3. The van der Waals surface area contributed by atoms with Gasteiger partial charge in [-0.15, -0.1) is 0 Å². The van der Waals surface area contributed by atoms with Gasteiger partial charge in [0.1, 0.15) is 4.48 Å². The van der Waals surface area contributed by atoms with Crippen LogP contribution < -0.4 is 0 Å². The summed E-state index contributed by atoms with van der Waals surface area (Å²) >= 11 is 3.17. The predicted octanol–water partition coefficient (Wildman–Crippen LogP) is 3.99. The van der Waals surface area contributed by atoms with Crippen molar-refractivity contribution in [2.45, 2.75) is 0 Å². The monoisotopic (exact) mass is 330 g/mol. The number of esters is 1. The van der Waals surface area contributed by atoms with E-state index in [2.05, 4.69) is 15.9 Å². The number of hydrogen-bond donors (Lipinski definition) is 0. The third-order valence-corrected chi connectivity index (χ3v) is 3.80. The van der Waals surface area contributed by atoms with Crippen molar-refractivity contribution < 1.29 is 14.3 Å². The van der Waals surface area contributed by atoms with Crippen LogP contribution in [0.1, 0.15) is 5.56 Å². The second-order valence-electron chi connectivity index (χ2n) is 4.31. The minimum absolute atomic E-state index is 0.312. The summed E-state index contributed by atoms with van der Waals surface area (Å²) in [5.41, 5.74) is 0.975. The maximum absolute atomic E-state index is 11.6. The lowest BCUT2D eigenvalue weighted by Crippen LogP contribution is -1.93. The van der Waals surface area contributed by atoms with Crippen LogP contribution >= 0.6 is 15.9 Å². The van der Waals surface area contributed by atoms with Gasteiger partial charge in [0.05, 0.1) is 7.11 Å². The molecule has 0 radical (unpaired) electrons. The Hall–Kier alpha value is -2.07. The maximum atomic E-state index is 11.6. The van der Waals surface area contributed by atoms with E-state index in [0.717, 1.165) is 16.3 Å². The van der Waals surface area contributed by atoms with Crippen molar-refractivity contribution >= 4 is 38.7 Å². The van der Waals surface area contributed by atoms with Gasteiger partial charge in [0, 0.05) is 0 Å². The van der Waals surface area contributed by atoms with E-state index in [1.54, 1.807) is 0 Å². The van der Waals surface area contributed by atoms with Crippen molar-refractivity contribution in [3.05, 3.63) is 64.0 Å². The van der Waals surface area contributed by atoms with Gasteiger partial charge in [0.15, 0.2) is 11.5 Å². The summed E-state index contributed by atoms with van der Waals surface area (Å²) in [6.45, 7) is 0. The van der Waals surface area contributed by atoms with Gasteiger partial charge < -0.3 is 9.47 Å². The highest BCUT2D eigenvalue weighted by atomic mass is 79.9. The van der Waals surface area contributed by atoms with E-state index in [0.29, 0.717) is 16.0 Å². The largest absolute Gasteiger partial charge is 0.491 e. The molecule has 0 bridgehead atoms. The predicted molar refractivity (Wildman–Crippen MR) is 81.0 cm³/mol. The molecule has 0 fully saturated rings. The summed E-state index contributed by atoms with van der Waals surface area (Å²) in [5.74, 6) is 0.400. The second kappa shape index (κ2) is 5.13. The molecule has 0 atom stereocenters. The molecule has 3 nitrogen and oxygen atoms in total. The topological polar surface area (TPSA) is 35.5 Å². The molecule has 20 heavy (non-hydrogen) atoms. The van der Waals surface area contributed by atoms with Crippen molar-refractivity contribution in [2.24, 2.45) is 0 Å². The van der Waals surface area contributed by atoms with Crippen molar-refractivity contribution in [2.75, 3.05) is 7.11 Å². The zero-order chi connectivity index (χ0) is 14.1. The number of carbonyl (C=O) groups is 1. The zero-order valence-corrected chi connectivity index (χ0v) is 12.3. The number of methoxy groups -OCH3 is 1. The van der Waals surface area contributed by atoms with Gasteiger partial charge in [-0.3, -0.25) is 0 Å². The molecule has 3 rings (SSSR count). The lowest BCUT2D eigenvalue weighted by atomic mass is 10.0. The highest BCUT2D eigenvalue weighted by Gasteiger charge is 2.29. The molecule has 1 aliphatic heterocycles.